The molecule has 0 unspecified atom stereocenters. The van der Waals surface area contributed by atoms with Crippen LogP contribution in [0.25, 0.3) is 0 Å². The zero-order valence-corrected chi connectivity index (χ0v) is 14.5. The number of pyridine rings is 1. The van der Waals surface area contributed by atoms with Crippen molar-refractivity contribution in [1.82, 2.24) is 10.3 Å². The molecule has 0 atom stereocenters. The summed E-state index contributed by atoms with van der Waals surface area (Å²) in [4.78, 5) is 15.8. The van der Waals surface area contributed by atoms with Crippen molar-refractivity contribution >= 4 is 17.5 Å². The average molecular weight is 346 g/mol. The molecular weight excluding hydrogens is 322 g/mol. The highest BCUT2D eigenvalue weighted by Crippen LogP contribution is 2.23. The Morgan fingerprint density at radius 2 is 1.83 bits per heavy atom. The van der Waals surface area contributed by atoms with Crippen LogP contribution in [0.5, 0.6) is 0 Å². The van der Waals surface area contributed by atoms with E-state index in [4.69, 9.17) is 17.3 Å². The maximum atomic E-state index is 11.9. The zero-order valence-electron chi connectivity index (χ0n) is 13.7. The van der Waals surface area contributed by atoms with E-state index >= 15 is 0 Å². The number of carbonyl (C=O) groups is 1. The van der Waals surface area contributed by atoms with Gasteiger partial charge in [-0.1, -0.05) is 29.8 Å². The van der Waals surface area contributed by atoms with Crippen LogP contribution in [0.4, 0.5) is 0 Å². The summed E-state index contributed by atoms with van der Waals surface area (Å²) in [5, 5.41) is 3.85. The van der Waals surface area contributed by atoms with Crippen molar-refractivity contribution in [2.75, 3.05) is 6.54 Å². The van der Waals surface area contributed by atoms with Gasteiger partial charge in [-0.3, -0.25) is 9.78 Å². The highest BCUT2D eigenvalue weighted by atomic mass is 35.5. The van der Waals surface area contributed by atoms with Crippen molar-refractivity contribution in [3.05, 3.63) is 65.4 Å². The average Bonchev–Trinajstić information content (AvgIpc) is 2.64. The quantitative estimate of drug-likeness (QED) is 0.891. The van der Waals surface area contributed by atoms with Crippen molar-refractivity contribution in [2.45, 2.75) is 31.7 Å². The molecule has 3 rings (SSSR count). The van der Waals surface area contributed by atoms with Crippen LogP contribution in [-0.4, -0.2) is 23.5 Å². The van der Waals surface area contributed by atoms with E-state index in [0.29, 0.717) is 17.5 Å². The Labute approximate surface area is 148 Å². The first-order valence-corrected chi connectivity index (χ1v) is 8.68. The van der Waals surface area contributed by atoms with E-state index in [1.807, 2.05) is 30.3 Å². The van der Waals surface area contributed by atoms with Gasteiger partial charge in [0.05, 0.1) is 5.56 Å². The van der Waals surface area contributed by atoms with Crippen LogP contribution >= 0.6 is 11.6 Å². The van der Waals surface area contributed by atoms with Gasteiger partial charge in [0.2, 0.25) is 0 Å². The van der Waals surface area contributed by atoms with Crippen LogP contribution in [0.15, 0.2) is 54.9 Å². The van der Waals surface area contributed by atoms with Crippen molar-refractivity contribution in [3.8, 4) is 0 Å². The summed E-state index contributed by atoms with van der Waals surface area (Å²) in [5.74, 6) is 0.621. The number of hydrogen-bond donors (Lipinski definition) is 2. The predicted molar refractivity (Wildman–Crippen MR) is 98.0 cm³/mol. The second-order valence-corrected chi connectivity index (χ2v) is 6.40. The van der Waals surface area contributed by atoms with Crippen molar-refractivity contribution in [3.63, 3.8) is 0 Å². The lowest BCUT2D eigenvalue weighted by molar-refractivity contribution is 0.0922. The summed E-state index contributed by atoms with van der Waals surface area (Å²) in [6.07, 6.45) is 7.58. The number of benzene rings is 1. The van der Waals surface area contributed by atoms with Gasteiger partial charge < -0.3 is 11.1 Å². The molecule has 1 fully saturated rings. The maximum absolute atomic E-state index is 11.9. The van der Waals surface area contributed by atoms with Crippen LogP contribution in [0.1, 0.15) is 36.0 Å². The predicted octanol–water partition coefficient (Wildman–Crippen LogP) is 3.67. The minimum Gasteiger partial charge on any atom is -0.349 e. The van der Waals surface area contributed by atoms with Gasteiger partial charge in [-0.05, 0) is 62.4 Å². The molecule has 3 N–H and O–H groups in total. The fourth-order valence-corrected chi connectivity index (χ4v) is 2.87. The molecule has 1 aliphatic rings. The molecule has 1 amide bonds. The number of hydrogen-bond acceptors (Lipinski definition) is 3. The van der Waals surface area contributed by atoms with E-state index in [0.717, 1.165) is 37.3 Å². The molecule has 128 valence electrons. The molecule has 5 heteroatoms. The van der Waals surface area contributed by atoms with Crippen molar-refractivity contribution in [2.24, 2.45) is 11.7 Å². The van der Waals surface area contributed by atoms with Gasteiger partial charge in [0.15, 0.2) is 0 Å². The minimum atomic E-state index is -0.0192. The molecule has 0 radical (unpaired) electrons. The molecule has 24 heavy (non-hydrogen) atoms. The lowest BCUT2D eigenvalue weighted by Gasteiger charge is -2.28. The number of rotatable bonds is 3. The molecule has 0 bridgehead atoms. The number of carbonyl (C=O) groups excluding carboxylic acids is 1. The van der Waals surface area contributed by atoms with Crippen LogP contribution < -0.4 is 11.1 Å². The van der Waals surface area contributed by atoms with Crippen LogP contribution in [0, 0.1) is 5.92 Å². The Hall–Kier alpha value is -1.91. The lowest BCUT2D eigenvalue weighted by Crippen LogP contribution is -2.38. The van der Waals surface area contributed by atoms with Gasteiger partial charge in [-0.2, -0.15) is 0 Å². The third-order valence-electron chi connectivity index (χ3n) is 4.17. The Balaban J connectivity index is 0.000000249. The minimum absolute atomic E-state index is 0.0192. The van der Waals surface area contributed by atoms with Gasteiger partial charge in [0.1, 0.15) is 0 Å². The largest absolute Gasteiger partial charge is 0.349 e. The molecule has 1 aromatic carbocycles. The van der Waals surface area contributed by atoms with Crippen molar-refractivity contribution in [1.29, 1.82) is 0 Å². The van der Waals surface area contributed by atoms with E-state index in [-0.39, 0.29) is 5.91 Å². The van der Waals surface area contributed by atoms with Crippen LogP contribution in [0.2, 0.25) is 5.02 Å². The molecule has 0 saturated heterocycles. The standard InChI is InChI=1S/C13H19N3O.C6H5Cl/c14-8-10-3-5-12(6-4-10)16-13(17)11-2-1-7-15-9-11;7-6-4-2-1-3-5-6/h1-2,7,9-10,12H,3-6,8,14H2,(H,16,17);1-5H. The first-order chi connectivity index (χ1) is 11.7. The normalized spacial score (nSPS) is 19.8. The molecule has 0 aliphatic heterocycles. The fraction of sp³-hybridized carbons (Fsp3) is 0.368. The molecular formula is C19H24ClN3O. The molecule has 4 nitrogen and oxygen atoms in total. The molecule has 0 spiro atoms. The smallest absolute Gasteiger partial charge is 0.253 e. The van der Waals surface area contributed by atoms with E-state index in [9.17, 15) is 4.79 Å². The van der Waals surface area contributed by atoms with Gasteiger partial charge in [0.25, 0.3) is 5.91 Å². The second-order valence-electron chi connectivity index (χ2n) is 5.96. The second kappa shape index (κ2) is 10.1. The molecule has 1 heterocycles. The SMILES string of the molecule is Clc1ccccc1.NCC1CCC(NC(=O)c2cccnc2)CC1. The fourth-order valence-electron chi connectivity index (χ4n) is 2.72. The van der Waals surface area contributed by atoms with Gasteiger partial charge in [0, 0.05) is 23.5 Å². The molecule has 2 aromatic rings. The van der Waals surface area contributed by atoms with Gasteiger partial charge >= 0.3 is 0 Å². The third kappa shape index (κ3) is 6.30. The Morgan fingerprint density at radius 3 is 2.33 bits per heavy atom. The summed E-state index contributed by atoms with van der Waals surface area (Å²) in [6, 6.07) is 13.3. The Kier molecular flexibility index (Phi) is 7.72. The van der Waals surface area contributed by atoms with Crippen LogP contribution in [-0.2, 0) is 0 Å². The number of amides is 1. The number of nitrogens with one attached hydrogen (secondary N) is 1. The van der Waals surface area contributed by atoms with Gasteiger partial charge in [-0.25, -0.2) is 0 Å². The zero-order chi connectivity index (χ0) is 17.2. The van der Waals surface area contributed by atoms with E-state index in [1.165, 1.54) is 0 Å². The number of nitrogens with two attached hydrogens (primary N) is 1. The topological polar surface area (TPSA) is 68.0 Å². The van der Waals surface area contributed by atoms with Gasteiger partial charge in [-0.15, -0.1) is 0 Å². The number of nitrogens with zero attached hydrogens (tertiary/aromatic N) is 1. The maximum Gasteiger partial charge on any atom is 0.253 e. The summed E-state index contributed by atoms with van der Waals surface area (Å²) in [5.41, 5.74) is 6.28. The van der Waals surface area contributed by atoms with Crippen LogP contribution in [0.3, 0.4) is 0 Å². The molecule has 1 saturated carbocycles. The summed E-state index contributed by atoms with van der Waals surface area (Å²) >= 11 is 5.54. The summed E-state index contributed by atoms with van der Waals surface area (Å²) in [6.45, 7) is 0.767. The Bertz CT molecular complexity index is 599. The molecule has 1 aliphatic carbocycles. The lowest BCUT2D eigenvalue weighted by atomic mass is 9.86. The first kappa shape index (κ1) is 18.4. The first-order valence-electron chi connectivity index (χ1n) is 8.30. The number of halogens is 1. The highest BCUT2D eigenvalue weighted by molar-refractivity contribution is 6.30. The highest BCUT2D eigenvalue weighted by Gasteiger charge is 2.21. The Morgan fingerprint density at radius 1 is 1.12 bits per heavy atom. The third-order valence-corrected chi connectivity index (χ3v) is 4.42. The van der Waals surface area contributed by atoms with E-state index in [2.05, 4.69) is 10.3 Å². The summed E-state index contributed by atoms with van der Waals surface area (Å²) < 4.78 is 0. The van der Waals surface area contributed by atoms with E-state index in [1.54, 1.807) is 24.5 Å². The summed E-state index contributed by atoms with van der Waals surface area (Å²) in [7, 11) is 0. The van der Waals surface area contributed by atoms with Crippen molar-refractivity contribution < 1.29 is 4.79 Å². The monoisotopic (exact) mass is 345 g/mol. The van der Waals surface area contributed by atoms with E-state index < -0.39 is 0 Å². The molecule has 1 aromatic heterocycles. The number of aromatic nitrogens is 1.